The van der Waals surface area contributed by atoms with Gasteiger partial charge in [-0.15, -0.1) is 0 Å². The number of nitrogens with one attached hydrogen (secondary N) is 2. The lowest BCUT2D eigenvalue weighted by Crippen LogP contribution is -2.46. The summed E-state index contributed by atoms with van der Waals surface area (Å²) in [5.41, 5.74) is 3.34. The Morgan fingerprint density at radius 2 is 1.78 bits per heavy atom. The Bertz CT molecular complexity index is 1430. The summed E-state index contributed by atoms with van der Waals surface area (Å²) in [5, 5.41) is 10.6. The van der Waals surface area contributed by atoms with Gasteiger partial charge in [-0.25, -0.2) is 9.50 Å². The number of benzene rings is 2. The standard InChI is InChI=1S/C26H26N6O4/c1-35-22-7-6-17(15-23(22)36-2)21-8-9-28-24-16-20(30-32(21)24)25(33)29-19-5-3-4-18(14-19)26(34)31-12-10-27-11-13-31/h3-9,14-16,27H,10-13H2,1-2H3,(H,29,33). The molecule has 2 aromatic heterocycles. The van der Waals surface area contributed by atoms with Gasteiger partial charge in [-0.2, -0.15) is 5.10 Å². The van der Waals surface area contributed by atoms with Crippen molar-refractivity contribution in [3.8, 4) is 22.8 Å². The summed E-state index contributed by atoms with van der Waals surface area (Å²) in [6.45, 7) is 2.86. The predicted octanol–water partition coefficient (Wildman–Crippen LogP) is 2.71. The maximum Gasteiger partial charge on any atom is 0.276 e. The molecular weight excluding hydrogens is 460 g/mol. The van der Waals surface area contributed by atoms with Gasteiger partial charge >= 0.3 is 0 Å². The zero-order chi connectivity index (χ0) is 25.1. The Balaban J connectivity index is 1.39. The molecule has 0 saturated carbocycles. The average molecular weight is 487 g/mol. The minimum Gasteiger partial charge on any atom is -0.493 e. The lowest BCUT2D eigenvalue weighted by atomic mass is 10.1. The molecule has 5 rings (SSSR count). The van der Waals surface area contributed by atoms with Crippen molar-refractivity contribution in [1.29, 1.82) is 0 Å². The second-order valence-electron chi connectivity index (χ2n) is 8.28. The van der Waals surface area contributed by atoms with Crippen molar-refractivity contribution in [2.75, 3.05) is 45.7 Å². The van der Waals surface area contributed by atoms with E-state index in [9.17, 15) is 9.59 Å². The number of amides is 2. The van der Waals surface area contributed by atoms with Crippen LogP contribution < -0.4 is 20.1 Å². The molecule has 3 heterocycles. The highest BCUT2D eigenvalue weighted by molar-refractivity contribution is 6.04. The van der Waals surface area contributed by atoms with E-state index in [2.05, 4.69) is 20.7 Å². The van der Waals surface area contributed by atoms with Crippen LogP contribution in [0.25, 0.3) is 16.9 Å². The first-order chi connectivity index (χ1) is 17.6. The highest BCUT2D eigenvalue weighted by atomic mass is 16.5. The minimum absolute atomic E-state index is 0.0518. The molecule has 36 heavy (non-hydrogen) atoms. The van der Waals surface area contributed by atoms with Crippen LogP contribution in [0.5, 0.6) is 11.5 Å². The van der Waals surface area contributed by atoms with Crippen molar-refractivity contribution in [2.45, 2.75) is 0 Å². The second kappa shape index (κ2) is 10.0. The summed E-state index contributed by atoms with van der Waals surface area (Å²) in [4.78, 5) is 32.0. The van der Waals surface area contributed by atoms with E-state index < -0.39 is 5.91 Å². The predicted molar refractivity (Wildman–Crippen MR) is 135 cm³/mol. The van der Waals surface area contributed by atoms with Crippen LogP contribution in [0.3, 0.4) is 0 Å². The van der Waals surface area contributed by atoms with Gasteiger partial charge in [0.25, 0.3) is 11.8 Å². The summed E-state index contributed by atoms with van der Waals surface area (Å²) in [6.07, 6.45) is 1.66. The third kappa shape index (κ3) is 4.58. The van der Waals surface area contributed by atoms with E-state index in [4.69, 9.17) is 9.47 Å². The number of rotatable bonds is 6. The highest BCUT2D eigenvalue weighted by Gasteiger charge is 2.19. The number of piperazine rings is 1. The third-order valence-corrected chi connectivity index (χ3v) is 6.04. The molecule has 1 aliphatic heterocycles. The van der Waals surface area contributed by atoms with Gasteiger partial charge in [0.2, 0.25) is 0 Å². The maximum absolute atomic E-state index is 13.0. The number of fused-ring (bicyclic) bond motifs is 1. The largest absolute Gasteiger partial charge is 0.493 e. The number of hydrogen-bond acceptors (Lipinski definition) is 7. The van der Waals surface area contributed by atoms with Crippen LogP contribution in [-0.4, -0.2) is 71.7 Å². The van der Waals surface area contributed by atoms with E-state index in [0.717, 1.165) is 24.3 Å². The van der Waals surface area contributed by atoms with E-state index >= 15 is 0 Å². The van der Waals surface area contributed by atoms with Crippen molar-refractivity contribution in [3.63, 3.8) is 0 Å². The quantitative estimate of drug-likeness (QED) is 0.431. The Morgan fingerprint density at radius 3 is 2.56 bits per heavy atom. The molecule has 10 nitrogen and oxygen atoms in total. The van der Waals surface area contributed by atoms with Gasteiger partial charge in [0.1, 0.15) is 0 Å². The second-order valence-corrected chi connectivity index (χ2v) is 8.28. The number of nitrogens with zero attached hydrogens (tertiary/aromatic N) is 4. The number of ether oxygens (including phenoxy) is 2. The first-order valence-corrected chi connectivity index (χ1v) is 11.6. The number of hydrogen-bond donors (Lipinski definition) is 2. The molecule has 1 aliphatic rings. The smallest absolute Gasteiger partial charge is 0.276 e. The molecule has 1 saturated heterocycles. The van der Waals surface area contributed by atoms with Crippen LogP contribution in [0.4, 0.5) is 5.69 Å². The lowest BCUT2D eigenvalue weighted by molar-refractivity contribution is 0.0735. The molecule has 2 aromatic carbocycles. The molecule has 0 aliphatic carbocycles. The third-order valence-electron chi connectivity index (χ3n) is 6.04. The van der Waals surface area contributed by atoms with E-state index in [1.807, 2.05) is 24.3 Å². The maximum atomic E-state index is 13.0. The zero-order valence-electron chi connectivity index (χ0n) is 20.0. The summed E-state index contributed by atoms with van der Waals surface area (Å²) in [7, 11) is 3.16. The van der Waals surface area contributed by atoms with Gasteiger partial charge in [-0.05, 0) is 42.5 Å². The topological polar surface area (TPSA) is 110 Å². The van der Waals surface area contributed by atoms with Crippen molar-refractivity contribution in [2.24, 2.45) is 0 Å². The van der Waals surface area contributed by atoms with Gasteiger partial charge in [-0.1, -0.05) is 6.07 Å². The molecule has 0 unspecified atom stereocenters. The van der Waals surface area contributed by atoms with E-state index in [1.54, 1.807) is 60.2 Å². The molecule has 0 radical (unpaired) electrons. The van der Waals surface area contributed by atoms with Crippen LogP contribution in [0.1, 0.15) is 20.8 Å². The van der Waals surface area contributed by atoms with Gasteiger partial charge in [0.15, 0.2) is 22.8 Å². The fraction of sp³-hybridized carbons (Fsp3) is 0.231. The summed E-state index contributed by atoms with van der Waals surface area (Å²) in [6, 6.07) is 15.9. The van der Waals surface area contributed by atoms with Gasteiger partial charge in [0.05, 0.1) is 19.9 Å². The van der Waals surface area contributed by atoms with Gasteiger partial charge < -0.3 is 25.0 Å². The molecular formula is C26H26N6O4. The normalized spacial score (nSPS) is 13.4. The molecule has 4 aromatic rings. The van der Waals surface area contributed by atoms with Crippen LogP contribution in [0.2, 0.25) is 0 Å². The molecule has 10 heteroatoms. The van der Waals surface area contributed by atoms with Crippen molar-refractivity contribution in [3.05, 3.63) is 72.1 Å². The Kier molecular flexibility index (Phi) is 6.50. The zero-order valence-corrected chi connectivity index (χ0v) is 20.0. The fourth-order valence-corrected chi connectivity index (χ4v) is 4.20. The molecule has 2 N–H and O–H groups in total. The van der Waals surface area contributed by atoms with Crippen molar-refractivity contribution in [1.82, 2.24) is 24.8 Å². The fourth-order valence-electron chi connectivity index (χ4n) is 4.20. The first kappa shape index (κ1) is 23.3. The number of aromatic nitrogens is 3. The first-order valence-electron chi connectivity index (χ1n) is 11.6. The number of methoxy groups -OCH3 is 2. The lowest BCUT2D eigenvalue weighted by Gasteiger charge is -2.27. The van der Waals surface area contributed by atoms with Crippen LogP contribution in [-0.2, 0) is 0 Å². The van der Waals surface area contributed by atoms with Gasteiger partial charge in [0, 0.05) is 55.3 Å². The minimum atomic E-state index is -0.398. The van der Waals surface area contributed by atoms with Crippen molar-refractivity contribution >= 4 is 23.1 Å². The molecule has 1 fully saturated rings. The van der Waals surface area contributed by atoms with Crippen molar-refractivity contribution < 1.29 is 19.1 Å². The van der Waals surface area contributed by atoms with Crippen LogP contribution in [0, 0.1) is 0 Å². The molecule has 0 bridgehead atoms. The van der Waals surface area contributed by atoms with E-state index in [-0.39, 0.29) is 11.6 Å². The number of anilines is 1. The number of carbonyl (C=O) groups excluding carboxylic acids is 2. The van der Waals surface area contributed by atoms with Crippen LogP contribution >= 0.6 is 0 Å². The highest BCUT2D eigenvalue weighted by Crippen LogP contribution is 2.32. The molecule has 184 valence electrons. The Hall–Kier alpha value is -4.44. The number of carbonyl (C=O) groups is 2. The van der Waals surface area contributed by atoms with Crippen LogP contribution in [0.15, 0.2) is 60.8 Å². The summed E-state index contributed by atoms with van der Waals surface area (Å²) in [5.74, 6) is 0.750. The Labute approximate surface area is 207 Å². The average Bonchev–Trinajstić information content (AvgIpc) is 3.38. The molecule has 0 spiro atoms. The SMILES string of the molecule is COc1ccc(-c2ccnc3cc(C(=O)Nc4cccc(C(=O)N5CCNCC5)c4)nn23)cc1OC. The molecule has 2 amide bonds. The van der Waals surface area contributed by atoms with E-state index in [0.29, 0.717) is 41.5 Å². The summed E-state index contributed by atoms with van der Waals surface area (Å²) >= 11 is 0. The monoisotopic (exact) mass is 486 g/mol. The molecule has 0 atom stereocenters. The van der Waals surface area contributed by atoms with Gasteiger partial charge in [-0.3, -0.25) is 9.59 Å². The Morgan fingerprint density at radius 1 is 0.972 bits per heavy atom. The van der Waals surface area contributed by atoms with E-state index in [1.165, 1.54) is 0 Å². The summed E-state index contributed by atoms with van der Waals surface area (Å²) < 4.78 is 12.4.